The lowest BCUT2D eigenvalue weighted by molar-refractivity contribution is -0.112. The Hall–Kier alpha value is -0.340. The Labute approximate surface area is 104 Å². The zero-order valence-corrected chi connectivity index (χ0v) is 11.2. The van der Waals surface area contributed by atoms with Gasteiger partial charge in [0, 0.05) is 10.9 Å². The number of carbonyl (C=O) groups excluding carboxylic acids is 1. The van der Waals surface area contributed by atoms with Crippen LogP contribution in [-0.2, 0) is 11.2 Å². The van der Waals surface area contributed by atoms with Crippen molar-refractivity contribution in [2.24, 2.45) is 5.92 Å². The van der Waals surface area contributed by atoms with Crippen LogP contribution in [0.5, 0.6) is 0 Å². The second-order valence-electron chi connectivity index (χ2n) is 3.89. The van der Waals surface area contributed by atoms with E-state index in [2.05, 4.69) is 28.9 Å². The monoisotopic (exact) mass is 288 g/mol. The summed E-state index contributed by atoms with van der Waals surface area (Å²) < 4.78 is 1.12. The molecule has 0 aromatic heterocycles. The maximum Gasteiger partial charge on any atom is 0.221 e. The summed E-state index contributed by atoms with van der Waals surface area (Å²) in [7, 11) is 0. The maximum absolute atomic E-state index is 10.8. The minimum Gasteiger partial charge on any atom is -0.281 e. The molecule has 0 spiro atoms. The van der Waals surface area contributed by atoms with Gasteiger partial charge in [-0.2, -0.15) is 0 Å². The third kappa shape index (κ3) is 3.96. The van der Waals surface area contributed by atoms with Crippen molar-refractivity contribution in [3.8, 4) is 0 Å². The molecule has 0 heterocycles. The third-order valence-corrected chi connectivity index (χ3v) is 3.47. The Balaban J connectivity index is 2.72. The normalized spacial score (nSPS) is 12.5. The second kappa shape index (κ2) is 5.66. The van der Waals surface area contributed by atoms with Crippen molar-refractivity contribution >= 4 is 32.8 Å². The maximum atomic E-state index is 10.8. The number of carbonyl (C=O) groups is 1. The van der Waals surface area contributed by atoms with Gasteiger partial charge in [0.05, 0.1) is 0 Å². The van der Waals surface area contributed by atoms with E-state index in [0.717, 1.165) is 10.9 Å². The van der Waals surface area contributed by atoms with E-state index in [4.69, 9.17) is 11.6 Å². The van der Waals surface area contributed by atoms with Gasteiger partial charge < -0.3 is 0 Å². The molecule has 0 saturated carbocycles. The number of hydrogen-bond donors (Lipinski definition) is 0. The topological polar surface area (TPSA) is 17.1 Å². The van der Waals surface area contributed by atoms with Crippen LogP contribution in [0.4, 0.5) is 0 Å². The molecule has 1 atom stereocenters. The molecule has 1 unspecified atom stereocenters. The molecule has 1 aromatic carbocycles. The van der Waals surface area contributed by atoms with Crippen molar-refractivity contribution in [3.63, 3.8) is 0 Å². The highest BCUT2D eigenvalue weighted by atomic mass is 79.9. The Morgan fingerprint density at radius 2 is 2.20 bits per heavy atom. The molecule has 1 rings (SSSR count). The first kappa shape index (κ1) is 12.7. The fraction of sp³-hybridized carbons (Fsp3) is 0.417. The van der Waals surface area contributed by atoms with Crippen LogP contribution in [0.25, 0.3) is 0 Å². The van der Waals surface area contributed by atoms with E-state index in [9.17, 15) is 4.79 Å². The van der Waals surface area contributed by atoms with Crippen LogP contribution >= 0.6 is 27.5 Å². The molecule has 1 nitrogen and oxygen atoms in total. The van der Waals surface area contributed by atoms with Crippen molar-refractivity contribution in [1.82, 2.24) is 0 Å². The van der Waals surface area contributed by atoms with Gasteiger partial charge in [-0.15, -0.1) is 0 Å². The van der Waals surface area contributed by atoms with Crippen molar-refractivity contribution in [3.05, 3.63) is 33.8 Å². The molecule has 0 aliphatic heterocycles. The van der Waals surface area contributed by atoms with Gasteiger partial charge in [-0.1, -0.05) is 35.0 Å². The molecule has 15 heavy (non-hydrogen) atoms. The zero-order chi connectivity index (χ0) is 11.4. The minimum atomic E-state index is -0.254. The van der Waals surface area contributed by atoms with E-state index in [0.29, 0.717) is 12.3 Å². The van der Waals surface area contributed by atoms with Gasteiger partial charge in [-0.25, -0.2) is 0 Å². The van der Waals surface area contributed by atoms with E-state index in [1.165, 1.54) is 11.1 Å². The predicted octanol–water partition coefficient (Wildman–Crippen LogP) is 4.09. The summed E-state index contributed by atoms with van der Waals surface area (Å²) in [5, 5.41) is -0.254. The lowest BCUT2D eigenvalue weighted by Gasteiger charge is -2.12. The molecule has 0 aliphatic rings. The van der Waals surface area contributed by atoms with Gasteiger partial charge in [-0.05, 0) is 48.1 Å². The molecule has 0 fully saturated rings. The summed E-state index contributed by atoms with van der Waals surface area (Å²) in [5.41, 5.74) is 2.51. The van der Waals surface area contributed by atoms with Crippen molar-refractivity contribution in [1.29, 1.82) is 0 Å². The smallest absolute Gasteiger partial charge is 0.221 e. The molecule has 3 heteroatoms. The standard InChI is InChI=1S/C12H14BrClO/c1-8(7-12(14)15)6-10-4-3-5-11(13)9(10)2/h3-5,8H,6-7H2,1-2H3. The van der Waals surface area contributed by atoms with Crippen LogP contribution < -0.4 is 0 Å². The summed E-state index contributed by atoms with van der Waals surface area (Å²) in [5.74, 6) is 0.294. The first-order valence-corrected chi connectivity index (χ1v) is 6.10. The van der Waals surface area contributed by atoms with Crippen LogP contribution in [0.15, 0.2) is 22.7 Å². The summed E-state index contributed by atoms with van der Waals surface area (Å²) in [6.45, 7) is 4.12. The first-order chi connectivity index (χ1) is 7.00. The van der Waals surface area contributed by atoms with E-state index in [1.54, 1.807) is 0 Å². The summed E-state index contributed by atoms with van der Waals surface area (Å²) in [6, 6.07) is 6.13. The fourth-order valence-electron chi connectivity index (χ4n) is 1.59. The fourth-order valence-corrected chi connectivity index (χ4v) is 2.27. The van der Waals surface area contributed by atoms with Gasteiger partial charge in [0.2, 0.25) is 5.24 Å². The van der Waals surface area contributed by atoms with Crippen LogP contribution in [0.1, 0.15) is 24.5 Å². The van der Waals surface area contributed by atoms with Gasteiger partial charge in [0.25, 0.3) is 0 Å². The molecular formula is C12H14BrClO. The molecule has 0 saturated heterocycles. The molecule has 0 aliphatic carbocycles. The third-order valence-electron chi connectivity index (χ3n) is 2.46. The van der Waals surface area contributed by atoms with E-state index >= 15 is 0 Å². The van der Waals surface area contributed by atoms with Crippen molar-refractivity contribution < 1.29 is 4.79 Å². The van der Waals surface area contributed by atoms with E-state index < -0.39 is 0 Å². The molecule has 0 amide bonds. The van der Waals surface area contributed by atoms with Crippen molar-refractivity contribution in [2.75, 3.05) is 0 Å². The van der Waals surface area contributed by atoms with E-state index in [1.807, 2.05) is 19.1 Å². The summed E-state index contributed by atoms with van der Waals surface area (Å²) in [4.78, 5) is 10.8. The zero-order valence-electron chi connectivity index (χ0n) is 8.89. The molecule has 82 valence electrons. The molecule has 0 N–H and O–H groups in total. The van der Waals surface area contributed by atoms with Gasteiger partial charge >= 0.3 is 0 Å². The van der Waals surface area contributed by atoms with Crippen LogP contribution in [-0.4, -0.2) is 5.24 Å². The highest BCUT2D eigenvalue weighted by Crippen LogP contribution is 2.22. The van der Waals surface area contributed by atoms with E-state index in [-0.39, 0.29) is 5.24 Å². The molecule has 1 aromatic rings. The van der Waals surface area contributed by atoms with Crippen LogP contribution in [0, 0.1) is 12.8 Å². The SMILES string of the molecule is Cc1c(Br)cccc1CC(C)CC(=O)Cl. The Morgan fingerprint density at radius 3 is 2.80 bits per heavy atom. The minimum absolute atomic E-state index is 0.254. The first-order valence-electron chi connectivity index (χ1n) is 4.93. The highest BCUT2D eigenvalue weighted by Gasteiger charge is 2.10. The average Bonchev–Trinajstić information content (AvgIpc) is 2.11. The summed E-state index contributed by atoms with van der Waals surface area (Å²) >= 11 is 8.86. The number of hydrogen-bond acceptors (Lipinski definition) is 1. The van der Waals surface area contributed by atoms with Gasteiger partial charge in [-0.3, -0.25) is 4.79 Å². The number of halogens is 2. The van der Waals surface area contributed by atoms with Gasteiger partial charge in [0.1, 0.15) is 0 Å². The Kier molecular flexibility index (Phi) is 4.81. The number of rotatable bonds is 4. The average molecular weight is 290 g/mol. The molecular weight excluding hydrogens is 275 g/mol. The summed E-state index contributed by atoms with van der Waals surface area (Å²) in [6.07, 6.45) is 1.33. The van der Waals surface area contributed by atoms with Crippen LogP contribution in [0.3, 0.4) is 0 Å². The number of benzene rings is 1. The lowest BCUT2D eigenvalue weighted by atomic mass is 9.96. The Bertz CT molecular complexity index is 363. The second-order valence-corrected chi connectivity index (χ2v) is 5.17. The molecule has 0 bridgehead atoms. The quantitative estimate of drug-likeness (QED) is 0.763. The predicted molar refractivity (Wildman–Crippen MR) is 67.2 cm³/mol. The van der Waals surface area contributed by atoms with Crippen molar-refractivity contribution in [2.45, 2.75) is 26.7 Å². The Morgan fingerprint density at radius 1 is 1.53 bits per heavy atom. The van der Waals surface area contributed by atoms with Crippen LogP contribution in [0.2, 0.25) is 0 Å². The highest BCUT2D eigenvalue weighted by molar-refractivity contribution is 9.10. The van der Waals surface area contributed by atoms with Gasteiger partial charge in [0.15, 0.2) is 0 Å². The molecule has 0 radical (unpaired) electrons. The largest absolute Gasteiger partial charge is 0.281 e. The lowest BCUT2D eigenvalue weighted by Crippen LogP contribution is -2.05.